The van der Waals surface area contributed by atoms with Crippen LogP contribution in [0.2, 0.25) is 5.02 Å². The molecule has 19 heavy (non-hydrogen) atoms. The summed E-state index contributed by atoms with van der Waals surface area (Å²) in [6.45, 7) is 2.56. The maximum atomic E-state index is 10.5. The molecule has 3 atom stereocenters. The van der Waals surface area contributed by atoms with E-state index in [9.17, 15) is 5.11 Å². The molecule has 1 N–H and O–H groups in total. The fourth-order valence-electron chi connectivity index (χ4n) is 2.48. The van der Waals surface area contributed by atoms with Crippen LogP contribution in [0.3, 0.4) is 0 Å². The predicted octanol–water partition coefficient (Wildman–Crippen LogP) is 2.82. The normalized spacial score (nSPS) is 24.3. The highest BCUT2D eigenvalue weighted by molar-refractivity contribution is 6.33. The number of hydrogen-bond donors (Lipinski definition) is 1. The lowest BCUT2D eigenvalue weighted by atomic mass is 9.93. The van der Waals surface area contributed by atoms with E-state index in [0.717, 1.165) is 6.42 Å². The van der Waals surface area contributed by atoms with E-state index in [1.807, 2.05) is 6.92 Å². The minimum atomic E-state index is -0.650. The quantitative estimate of drug-likeness (QED) is 0.925. The number of halogens is 1. The smallest absolute Gasteiger partial charge is 0.147 e. The van der Waals surface area contributed by atoms with Gasteiger partial charge in [-0.3, -0.25) is 0 Å². The van der Waals surface area contributed by atoms with Crippen molar-refractivity contribution >= 4 is 11.6 Å². The maximum absolute atomic E-state index is 10.5. The maximum Gasteiger partial charge on any atom is 0.147 e. The zero-order valence-electron chi connectivity index (χ0n) is 11.4. The van der Waals surface area contributed by atoms with Crippen molar-refractivity contribution in [1.29, 1.82) is 0 Å². The van der Waals surface area contributed by atoms with Crippen molar-refractivity contribution in [2.24, 2.45) is 5.92 Å². The second-order valence-electron chi connectivity index (χ2n) is 4.79. The van der Waals surface area contributed by atoms with E-state index in [4.69, 9.17) is 25.8 Å². The van der Waals surface area contributed by atoms with Crippen molar-refractivity contribution in [3.8, 4) is 11.5 Å². The third-order valence-electron chi connectivity index (χ3n) is 3.51. The highest BCUT2D eigenvalue weighted by atomic mass is 35.5. The molecule has 3 unspecified atom stereocenters. The van der Waals surface area contributed by atoms with Crippen LogP contribution in [0.4, 0.5) is 0 Å². The van der Waals surface area contributed by atoms with Gasteiger partial charge in [-0.05, 0) is 25.5 Å². The molecule has 106 valence electrons. The fraction of sp³-hybridized carbons (Fsp3) is 0.571. The molecule has 0 aromatic heterocycles. The molecule has 1 heterocycles. The van der Waals surface area contributed by atoms with E-state index in [0.29, 0.717) is 28.7 Å². The molecular formula is C14H19ClO4. The molecule has 1 saturated heterocycles. The largest absolute Gasteiger partial charge is 0.495 e. The van der Waals surface area contributed by atoms with Crippen molar-refractivity contribution in [3.63, 3.8) is 0 Å². The molecule has 0 amide bonds. The van der Waals surface area contributed by atoms with Crippen LogP contribution >= 0.6 is 11.6 Å². The molecule has 0 spiro atoms. The van der Waals surface area contributed by atoms with E-state index in [-0.39, 0.29) is 12.0 Å². The van der Waals surface area contributed by atoms with Crippen LogP contribution in [-0.2, 0) is 4.74 Å². The first-order valence-electron chi connectivity index (χ1n) is 6.28. The number of ether oxygens (including phenoxy) is 3. The van der Waals surface area contributed by atoms with E-state index in [1.54, 1.807) is 19.2 Å². The van der Waals surface area contributed by atoms with Gasteiger partial charge in [0.25, 0.3) is 0 Å². The van der Waals surface area contributed by atoms with Gasteiger partial charge in [-0.15, -0.1) is 0 Å². The molecule has 1 aliphatic heterocycles. The van der Waals surface area contributed by atoms with Gasteiger partial charge in [0.15, 0.2) is 0 Å². The van der Waals surface area contributed by atoms with Crippen molar-refractivity contribution in [2.45, 2.75) is 25.6 Å². The first-order valence-corrected chi connectivity index (χ1v) is 6.66. The molecule has 1 aliphatic rings. The van der Waals surface area contributed by atoms with Crippen molar-refractivity contribution in [1.82, 2.24) is 0 Å². The van der Waals surface area contributed by atoms with Gasteiger partial charge in [0.1, 0.15) is 16.5 Å². The molecule has 0 bridgehead atoms. The zero-order valence-corrected chi connectivity index (χ0v) is 12.1. The summed E-state index contributed by atoms with van der Waals surface area (Å²) in [5, 5.41) is 10.9. The van der Waals surface area contributed by atoms with E-state index in [2.05, 4.69) is 0 Å². The highest BCUT2D eigenvalue weighted by Crippen LogP contribution is 2.42. The SMILES string of the molecule is COc1ccc(C(O)C2COC(C)C2)c(OC)c1Cl. The number of hydrogen-bond acceptors (Lipinski definition) is 4. The molecule has 2 rings (SSSR count). The van der Waals surface area contributed by atoms with Gasteiger partial charge in [0.05, 0.1) is 33.0 Å². The lowest BCUT2D eigenvalue weighted by molar-refractivity contribution is 0.0789. The summed E-state index contributed by atoms with van der Waals surface area (Å²) in [6, 6.07) is 3.53. The Hall–Kier alpha value is -0.970. The first kappa shape index (κ1) is 14.4. The Labute approximate surface area is 118 Å². The molecule has 0 radical (unpaired) electrons. The lowest BCUT2D eigenvalue weighted by Gasteiger charge is -2.21. The van der Waals surface area contributed by atoms with Crippen LogP contribution in [0.1, 0.15) is 25.0 Å². The molecule has 0 aliphatic carbocycles. The molecular weight excluding hydrogens is 268 g/mol. The van der Waals surface area contributed by atoms with Crippen molar-refractivity contribution in [2.75, 3.05) is 20.8 Å². The Morgan fingerprint density at radius 3 is 2.63 bits per heavy atom. The van der Waals surface area contributed by atoms with Gasteiger partial charge < -0.3 is 19.3 Å². The van der Waals surface area contributed by atoms with Crippen LogP contribution in [0.5, 0.6) is 11.5 Å². The second kappa shape index (κ2) is 5.99. The van der Waals surface area contributed by atoms with E-state index in [1.165, 1.54) is 7.11 Å². The first-order chi connectivity index (χ1) is 9.08. The molecule has 1 aromatic rings. The third-order valence-corrected chi connectivity index (χ3v) is 3.87. The molecule has 1 aromatic carbocycles. The number of aliphatic hydroxyl groups excluding tert-OH is 1. The highest BCUT2D eigenvalue weighted by Gasteiger charge is 2.31. The van der Waals surface area contributed by atoms with Crippen LogP contribution in [0, 0.1) is 5.92 Å². The Balaban J connectivity index is 2.31. The number of benzene rings is 1. The summed E-state index contributed by atoms with van der Waals surface area (Å²) in [5.41, 5.74) is 0.677. The Kier molecular flexibility index (Phi) is 4.55. The molecule has 1 fully saturated rings. The van der Waals surface area contributed by atoms with Gasteiger partial charge in [-0.1, -0.05) is 11.6 Å². The Morgan fingerprint density at radius 1 is 1.37 bits per heavy atom. The Morgan fingerprint density at radius 2 is 2.11 bits per heavy atom. The Bertz CT molecular complexity index is 449. The number of rotatable bonds is 4. The predicted molar refractivity (Wildman–Crippen MR) is 73.0 cm³/mol. The minimum absolute atomic E-state index is 0.0633. The van der Waals surface area contributed by atoms with E-state index < -0.39 is 6.10 Å². The van der Waals surface area contributed by atoms with Gasteiger partial charge >= 0.3 is 0 Å². The van der Waals surface area contributed by atoms with Gasteiger partial charge in [0, 0.05) is 11.5 Å². The van der Waals surface area contributed by atoms with Crippen molar-refractivity contribution in [3.05, 3.63) is 22.7 Å². The van der Waals surface area contributed by atoms with E-state index >= 15 is 0 Å². The number of aliphatic hydroxyl groups is 1. The summed E-state index contributed by atoms with van der Waals surface area (Å²) in [5.74, 6) is 1.06. The van der Waals surface area contributed by atoms with Crippen LogP contribution in [0.25, 0.3) is 0 Å². The topological polar surface area (TPSA) is 47.9 Å². The second-order valence-corrected chi connectivity index (χ2v) is 5.17. The van der Waals surface area contributed by atoms with Gasteiger partial charge in [-0.25, -0.2) is 0 Å². The summed E-state index contributed by atoms with van der Waals surface area (Å²) in [4.78, 5) is 0. The molecule has 0 saturated carbocycles. The van der Waals surface area contributed by atoms with Gasteiger partial charge in [-0.2, -0.15) is 0 Å². The summed E-state index contributed by atoms with van der Waals surface area (Å²) < 4.78 is 16.0. The van der Waals surface area contributed by atoms with Crippen LogP contribution in [0.15, 0.2) is 12.1 Å². The van der Waals surface area contributed by atoms with Crippen LogP contribution in [-0.4, -0.2) is 32.0 Å². The van der Waals surface area contributed by atoms with Crippen LogP contribution < -0.4 is 9.47 Å². The fourth-order valence-corrected chi connectivity index (χ4v) is 2.80. The summed E-state index contributed by atoms with van der Waals surface area (Å²) in [6.07, 6.45) is 0.358. The standard InChI is InChI=1S/C14H19ClO4/c1-8-6-9(7-19-8)13(16)10-4-5-11(17-2)12(15)14(10)18-3/h4-5,8-9,13,16H,6-7H2,1-3H3. The minimum Gasteiger partial charge on any atom is -0.495 e. The van der Waals surface area contributed by atoms with Crippen molar-refractivity contribution < 1.29 is 19.3 Å². The monoisotopic (exact) mass is 286 g/mol. The average molecular weight is 287 g/mol. The molecule has 5 heteroatoms. The summed E-state index contributed by atoms with van der Waals surface area (Å²) in [7, 11) is 3.08. The average Bonchev–Trinajstić information content (AvgIpc) is 2.84. The van der Waals surface area contributed by atoms with Gasteiger partial charge in [0.2, 0.25) is 0 Å². The zero-order chi connectivity index (χ0) is 14.0. The summed E-state index contributed by atoms with van der Waals surface area (Å²) >= 11 is 6.20. The lowest BCUT2D eigenvalue weighted by Crippen LogP contribution is -2.14. The number of methoxy groups -OCH3 is 2. The third kappa shape index (κ3) is 2.81. The molecule has 4 nitrogen and oxygen atoms in total.